The fourth-order valence-electron chi connectivity index (χ4n) is 5.38. The summed E-state index contributed by atoms with van der Waals surface area (Å²) in [4.78, 5) is 113. The van der Waals surface area contributed by atoms with Gasteiger partial charge in [-0.25, -0.2) is 14.8 Å². The maximum absolute atomic E-state index is 12.1. The molecule has 2 unspecified atom stereocenters. The van der Waals surface area contributed by atoms with Gasteiger partial charge in [-0.05, 0) is 19.6 Å². The Balaban J connectivity index is 0.000000340. The quantitative estimate of drug-likeness (QED) is 0.149. The summed E-state index contributed by atoms with van der Waals surface area (Å²) in [5.74, 6) is -4.15. The highest BCUT2D eigenvalue weighted by atomic mass is 28.4. The molecule has 64 heavy (non-hydrogen) atoms. The Morgan fingerprint density at radius 1 is 0.641 bits per heavy atom. The Labute approximate surface area is 369 Å². The first-order chi connectivity index (χ1) is 29.5. The number of aromatic nitrogens is 6. The number of anilines is 2. The topological polar surface area (TPSA) is 336 Å². The van der Waals surface area contributed by atoms with Gasteiger partial charge in [-0.15, -0.1) is 0 Å². The lowest BCUT2D eigenvalue weighted by Crippen LogP contribution is -2.42. The molecule has 3 N–H and O–H groups in total. The third-order valence-electron chi connectivity index (χ3n) is 7.40. The molecule has 0 saturated carbocycles. The molecular formula is C36H56N8O18Si2. The van der Waals surface area contributed by atoms with Crippen LogP contribution in [0.4, 0.5) is 11.9 Å². The summed E-state index contributed by atoms with van der Waals surface area (Å²) < 4.78 is 52.7. The summed E-state index contributed by atoms with van der Waals surface area (Å²) in [6, 6.07) is 0.426. The van der Waals surface area contributed by atoms with Crippen molar-refractivity contribution in [3.8, 4) is 6.01 Å². The van der Waals surface area contributed by atoms with Gasteiger partial charge < -0.3 is 57.8 Å². The number of nitrogens with zero attached hydrogens (tertiary/aromatic N) is 6. The van der Waals surface area contributed by atoms with Gasteiger partial charge in [0.25, 0.3) is 0 Å². The van der Waals surface area contributed by atoms with Crippen molar-refractivity contribution >= 4 is 70.2 Å². The van der Waals surface area contributed by atoms with Crippen molar-refractivity contribution < 1.29 is 80.6 Å². The van der Waals surface area contributed by atoms with E-state index in [0.717, 1.165) is 45.5 Å². The van der Waals surface area contributed by atoms with E-state index in [-0.39, 0.29) is 19.2 Å². The van der Waals surface area contributed by atoms with Crippen molar-refractivity contribution in [3.05, 3.63) is 23.1 Å². The lowest BCUT2D eigenvalue weighted by molar-refractivity contribution is -0.197. The first kappa shape index (κ1) is 54.0. The van der Waals surface area contributed by atoms with Gasteiger partial charge in [-0.3, -0.25) is 38.1 Å². The summed E-state index contributed by atoms with van der Waals surface area (Å²) in [6.07, 6.45) is -6.36. The van der Waals surface area contributed by atoms with E-state index >= 15 is 0 Å². The Morgan fingerprint density at radius 2 is 1.11 bits per heavy atom. The number of hydrogen-bond donors (Lipinski definition) is 2. The van der Waals surface area contributed by atoms with Crippen LogP contribution in [0.2, 0.25) is 39.3 Å². The number of nitrogens with two attached hydrogens (primary N) is 1. The molecule has 0 aromatic carbocycles. The van der Waals surface area contributed by atoms with E-state index in [0.29, 0.717) is 12.0 Å². The summed E-state index contributed by atoms with van der Waals surface area (Å²) in [6.45, 7) is 20.5. The average molecular weight is 945 g/mol. The van der Waals surface area contributed by atoms with Crippen LogP contribution in [0.1, 0.15) is 54.7 Å². The van der Waals surface area contributed by atoms with Gasteiger partial charge in [-0.1, -0.05) is 19.6 Å². The van der Waals surface area contributed by atoms with Gasteiger partial charge in [0.15, 0.2) is 24.5 Å². The molecule has 0 spiro atoms. The predicted octanol–water partition coefficient (Wildman–Crippen LogP) is 0.577. The maximum atomic E-state index is 12.1. The largest absolute Gasteiger partial charge is 0.518 e. The molecular weight excluding hydrogens is 889 g/mol. The Hall–Kier alpha value is -6.14. The second-order valence-electron chi connectivity index (χ2n) is 15.7. The average Bonchev–Trinajstić information content (AvgIpc) is 3.59. The van der Waals surface area contributed by atoms with Gasteiger partial charge >= 0.3 is 53.5 Å². The molecule has 28 heteroatoms. The van der Waals surface area contributed by atoms with Crippen LogP contribution in [-0.2, 0) is 76.2 Å². The van der Waals surface area contributed by atoms with Crippen LogP contribution in [0.15, 0.2) is 17.4 Å². The third kappa shape index (κ3) is 19.5. The number of esters is 7. The molecule has 4 heterocycles. The highest BCUT2D eigenvalue weighted by Crippen LogP contribution is 2.34. The molecule has 356 valence electrons. The SMILES string of the molecule is CC(=O)OC[C@H]1O[C@@H](OC(C)=O)C(OC(C)=O)[C@H]1OC(C)=O.CC(=O)OC[C@H]1O[C@@H](n2cnc(N)nc2=O)C(OC(C)=O)[C@H]1OC(C)=O.C[Si](C)(C)Nc1ncnc(O[Si](C)(C)C)n1. The summed E-state index contributed by atoms with van der Waals surface area (Å²) in [5.41, 5.74) is 4.54. The predicted molar refractivity (Wildman–Crippen MR) is 221 cm³/mol. The van der Waals surface area contributed by atoms with Crippen molar-refractivity contribution in [2.45, 2.75) is 137 Å². The molecule has 4 rings (SSSR count). The smallest absolute Gasteiger partial charge is 0.354 e. The molecule has 2 aliphatic heterocycles. The standard InChI is InChI=1S/C14H18N4O8.C13H18O9.C9H20N4OSi2/c1-6(19)23-4-9-10(24-7(2)20)11(25-8(3)21)12(26-9)18-5-16-13(15)17-14(18)22;1-6(14)18-5-10-11(19-7(2)15)12(20-8(3)16)13(22-10)21-9(4)17;1-15(2,3)13-8-10-7-11-9(12-8)14-16(4,5)6/h5,9-12H,4H2,1-3H3,(H2,15,17,22);10-13H,5H2,1-4H3;7H,1-6H3,(H,10,11,12,13)/t9-,10+,11?,12-;10-,11+,12?,13-;/m11./s1. The monoisotopic (exact) mass is 944 g/mol. The van der Waals surface area contributed by atoms with Crippen LogP contribution in [0.5, 0.6) is 6.01 Å². The van der Waals surface area contributed by atoms with Gasteiger partial charge in [0.2, 0.25) is 32.6 Å². The normalized spacial score (nSPS) is 22.4. The Morgan fingerprint density at radius 3 is 1.56 bits per heavy atom. The van der Waals surface area contributed by atoms with E-state index in [4.69, 9.17) is 52.8 Å². The second kappa shape index (κ2) is 24.1. The molecule has 0 amide bonds. The van der Waals surface area contributed by atoms with Crippen molar-refractivity contribution in [1.29, 1.82) is 0 Å². The van der Waals surface area contributed by atoms with Crippen molar-refractivity contribution in [2.24, 2.45) is 0 Å². The number of nitrogen functional groups attached to an aromatic ring is 1. The second-order valence-corrected chi connectivity index (χ2v) is 24.9. The van der Waals surface area contributed by atoms with Crippen LogP contribution >= 0.6 is 0 Å². The number of carbonyl (C=O) groups excluding carboxylic acids is 7. The molecule has 0 radical (unpaired) electrons. The fraction of sp³-hybridized carbons (Fsp3) is 0.639. The van der Waals surface area contributed by atoms with E-state index in [9.17, 15) is 38.4 Å². The van der Waals surface area contributed by atoms with Crippen LogP contribution in [0, 0.1) is 0 Å². The number of carbonyl (C=O) groups is 7. The van der Waals surface area contributed by atoms with E-state index in [1.807, 2.05) is 0 Å². The van der Waals surface area contributed by atoms with Crippen LogP contribution in [0.25, 0.3) is 0 Å². The van der Waals surface area contributed by atoms with E-state index in [1.54, 1.807) is 0 Å². The Kier molecular flexibility index (Phi) is 20.3. The van der Waals surface area contributed by atoms with Gasteiger partial charge in [0.1, 0.15) is 46.3 Å². The van der Waals surface area contributed by atoms with Crippen molar-refractivity contribution in [2.75, 3.05) is 23.9 Å². The zero-order chi connectivity index (χ0) is 48.7. The van der Waals surface area contributed by atoms with Crippen LogP contribution in [0.3, 0.4) is 0 Å². The number of nitrogens with one attached hydrogen (secondary N) is 1. The molecule has 2 fully saturated rings. The molecule has 0 bridgehead atoms. The minimum absolute atomic E-state index is 0.247. The number of rotatable bonds is 14. The first-order valence-corrected chi connectivity index (χ1v) is 26.3. The first-order valence-electron chi connectivity index (χ1n) is 19.4. The molecule has 2 aliphatic rings. The molecule has 8 atom stereocenters. The number of hydrogen-bond acceptors (Lipinski definition) is 25. The molecule has 2 saturated heterocycles. The van der Waals surface area contributed by atoms with Crippen molar-refractivity contribution in [3.63, 3.8) is 0 Å². The van der Waals surface area contributed by atoms with Crippen molar-refractivity contribution in [1.82, 2.24) is 29.5 Å². The fourth-order valence-corrected chi connectivity index (χ4v) is 6.82. The summed E-state index contributed by atoms with van der Waals surface area (Å²) in [5, 5.41) is 0. The zero-order valence-electron chi connectivity index (χ0n) is 37.8. The maximum Gasteiger partial charge on any atom is 0.354 e. The van der Waals surface area contributed by atoms with E-state index in [2.05, 4.69) is 69.2 Å². The van der Waals surface area contributed by atoms with E-state index in [1.165, 1.54) is 20.2 Å². The Bertz CT molecular complexity index is 2000. The van der Waals surface area contributed by atoms with Gasteiger partial charge in [-0.2, -0.15) is 15.0 Å². The third-order valence-corrected chi connectivity index (χ3v) is 9.17. The minimum Gasteiger partial charge on any atom is -0.518 e. The molecule has 26 nitrogen and oxygen atoms in total. The number of ether oxygens (including phenoxy) is 9. The molecule has 2 aromatic heterocycles. The van der Waals surface area contributed by atoms with Crippen LogP contribution < -0.4 is 20.8 Å². The minimum atomic E-state index is -1.65. The lowest BCUT2D eigenvalue weighted by Gasteiger charge is -2.23. The molecule has 0 aliphatic carbocycles. The lowest BCUT2D eigenvalue weighted by atomic mass is 10.1. The molecule has 2 aromatic rings. The zero-order valence-corrected chi connectivity index (χ0v) is 39.8. The highest BCUT2D eigenvalue weighted by Gasteiger charge is 2.52. The van der Waals surface area contributed by atoms with Gasteiger partial charge in [0, 0.05) is 48.5 Å². The van der Waals surface area contributed by atoms with E-state index < -0.39 is 113 Å². The summed E-state index contributed by atoms with van der Waals surface area (Å²) in [7, 11) is -3.08. The highest BCUT2D eigenvalue weighted by molar-refractivity contribution is 6.79. The van der Waals surface area contributed by atoms with Crippen LogP contribution in [-0.4, -0.2) is 144 Å². The van der Waals surface area contributed by atoms with Gasteiger partial charge in [0.05, 0.1) is 0 Å². The summed E-state index contributed by atoms with van der Waals surface area (Å²) >= 11 is 0.